The topological polar surface area (TPSA) is 145 Å². The number of ether oxygens (including phenoxy) is 1. The normalized spacial score (nSPS) is 20.2. The Kier molecular flexibility index (Phi) is 7.87. The number of esters is 1. The number of nitrogens with one attached hydrogen (secondary N) is 2. The van der Waals surface area contributed by atoms with Crippen LogP contribution in [-0.2, 0) is 19.6 Å². The van der Waals surface area contributed by atoms with Crippen molar-refractivity contribution in [3.05, 3.63) is 64.2 Å². The van der Waals surface area contributed by atoms with Gasteiger partial charge in [0.1, 0.15) is 0 Å². The van der Waals surface area contributed by atoms with E-state index in [4.69, 9.17) is 4.74 Å². The Morgan fingerprint density at radius 3 is 2.59 bits per heavy atom. The fraction of sp³-hybridized carbons (Fsp3) is 0.391. The number of benzene rings is 2. The fourth-order valence-corrected chi connectivity index (χ4v) is 5.08. The van der Waals surface area contributed by atoms with Gasteiger partial charge in [0, 0.05) is 18.2 Å². The molecule has 1 fully saturated rings. The van der Waals surface area contributed by atoms with E-state index in [-0.39, 0.29) is 27.9 Å². The minimum atomic E-state index is -4.23. The number of nitro benzene ring substituents is 1. The van der Waals surface area contributed by atoms with Gasteiger partial charge in [-0.05, 0) is 36.5 Å². The summed E-state index contributed by atoms with van der Waals surface area (Å²) in [6, 6.07) is 10.3. The molecule has 3 atom stereocenters. The minimum absolute atomic E-state index is 0.0176. The number of nitrogens with zero attached hydrogens (tertiary/aromatic N) is 1. The lowest BCUT2D eigenvalue weighted by Crippen LogP contribution is -2.45. The monoisotopic (exact) mass is 489 g/mol. The summed E-state index contributed by atoms with van der Waals surface area (Å²) in [5, 5.41) is 13.9. The summed E-state index contributed by atoms with van der Waals surface area (Å²) >= 11 is 0. The van der Waals surface area contributed by atoms with Crippen molar-refractivity contribution in [1.82, 2.24) is 5.32 Å². The highest BCUT2D eigenvalue weighted by Crippen LogP contribution is 2.29. The lowest BCUT2D eigenvalue weighted by molar-refractivity contribution is -0.385. The molecule has 182 valence electrons. The second kappa shape index (κ2) is 10.6. The summed E-state index contributed by atoms with van der Waals surface area (Å²) in [6.07, 6.45) is 3.01. The predicted molar refractivity (Wildman–Crippen MR) is 125 cm³/mol. The Balaban J connectivity index is 1.67. The molecule has 2 N–H and O–H groups in total. The number of amides is 1. The van der Waals surface area contributed by atoms with E-state index in [0.717, 1.165) is 25.3 Å². The van der Waals surface area contributed by atoms with Crippen molar-refractivity contribution in [3.63, 3.8) is 0 Å². The lowest BCUT2D eigenvalue weighted by Gasteiger charge is -2.34. The molecule has 2 aromatic rings. The van der Waals surface area contributed by atoms with E-state index in [9.17, 15) is 28.1 Å². The number of carbonyl (C=O) groups is 2. The molecule has 0 aliphatic heterocycles. The van der Waals surface area contributed by atoms with Crippen molar-refractivity contribution >= 4 is 33.3 Å². The molecule has 0 bridgehead atoms. The Bertz CT molecular complexity index is 1180. The highest BCUT2D eigenvalue weighted by Gasteiger charge is 2.28. The largest absolute Gasteiger partial charge is 0.452 e. The quantitative estimate of drug-likeness (QED) is 0.328. The number of nitro groups is 1. The zero-order chi connectivity index (χ0) is 24.9. The van der Waals surface area contributed by atoms with Crippen LogP contribution in [0.3, 0.4) is 0 Å². The average molecular weight is 490 g/mol. The smallest absolute Gasteiger partial charge is 0.340 e. The van der Waals surface area contributed by atoms with E-state index in [1.54, 1.807) is 0 Å². The van der Waals surface area contributed by atoms with Crippen LogP contribution in [0.2, 0.25) is 0 Å². The Morgan fingerprint density at radius 1 is 1.12 bits per heavy atom. The van der Waals surface area contributed by atoms with E-state index < -0.39 is 33.4 Å². The Labute approximate surface area is 197 Å². The summed E-state index contributed by atoms with van der Waals surface area (Å²) in [7, 11) is -4.23. The first-order valence-electron chi connectivity index (χ1n) is 10.9. The molecule has 1 amide bonds. The van der Waals surface area contributed by atoms with Gasteiger partial charge in [0.25, 0.3) is 21.6 Å². The molecule has 11 heteroatoms. The van der Waals surface area contributed by atoms with Gasteiger partial charge in [0.2, 0.25) is 0 Å². The number of hydrogen-bond acceptors (Lipinski definition) is 7. The molecule has 1 aliphatic carbocycles. The van der Waals surface area contributed by atoms with Crippen molar-refractivity contribution in [2.45, 2.75) is 44.0 Å². The molecule has 0 saturated heterocycles. The van der Waals surface area contributed by atoms with Gasteiger partial charge in [-0.1, -0.05) is 44.9 Å². The number of sulfonamides is 1. The van der Waals surface area contributed by atoms with Gasteiger partial charge in [-0.2, -0.15) is 0 Å². The van der Waals surface area contributed by atoms with Crippen molar-refractivity contribution in [1.29, 1.82) is 0 Å². The zero-order valence-corrected chi connectivity index (χ0v) is 19.7. The first-order valence-corrected chi connectivity index (χ1v) is 12.4. The van der Waals surface area contributed by atoms with Gasteiger partial charge in [0.05, 0.1) is 21.1 Å². The molecule has 34 heavy (non-hydrogen) atoms. The van der Waals surface area contributed by atoms with Crippen LogP contribution in [0.1, 0.15) is 43.5 Å². The average Bonchev–Trinajstić information content (AvgIpc) is 2.80. The van der Waals surface area contributed by atoms with E-state index in [1.807, 2.05) is 0 Å². The molecule has 0 aromatic heterocycles. The number of non-ortho nitro benzene ring substituents is 1. The van der Waals surface area contributed by atoms with Crippen LogP contribution in [0.25, 0.3) is 0 Å². The zero-order valence-electron chi connectivity index (χ0n) is 18.9. The van der Waals surface area contributed by atoms with Gasteiger partial charge in [-0.15, -0.1) is 0 Å². The van der Waals surface area contributed by atoms with Crippen LogP contribution in [0.4, 0.5) is 11.4 Å². The minimum Gasteiger partial charge on any atom is -0.452 e. The van der Waals surface area contributed by atoms with Gasteiger partial charge >= 0.3 is 5.97 Å². The maximum Gasteiger partial charge on any atom is 0.340 e. The van der Waals surface area contributed by atoms with E-state index in [2.05, 4.69) is 23.9 Å². The van der Waals surface area contributed by atoms with Gasteiger partial charge < -0.3 is 10.1 Å². The standard InChI is InChI=1S/C23H27N3O7S/c1-15-7-5-12-20(16(15)2)24-22(27)14-33-23(28)19-10-3-4-11-21(19)25-34(31,32)18-9-6-8-17(13-18)26(29)30/h3-4,6,8-11,13,15-16,20,25H,5,7,12,14H2,1-2H3,(H,24,27). The first-order chi connectivity index (χ1) is 16.1. The molecule has 2 aromatic carbocycles. The molecule has 0 radical (unpaired) electrons. The first kappa shape index (κ1) is 25.2. The fourth-order valence-electron chi connectivity index (χ4n) is 3.96. The summed E-state index contributed by atoms with van der Waals surface area (Å²) in [5.74, 6) is -0.489. The maximum absolute atomic E-state index is 12.7. The highest BCUT2D eigenvalue weighted by atomic mass is 32.2. The van der Waals surface area contributed by atoms with Crippen molar-refractivity contribution in [2.24, 2.45) is 11.8 Å². The van der Waals surface area contributed by atoms with Gasteiger partial charge in [0.15, 0.2) is 6.61 Å². The van der Waals surface area contributed by atoms with Crippen LogP contribution in [0.5, 0.6) is 0 Å². The van der Waals surface area contributed by atoms with Crippen LogP contribution in [0, 0.1) is 22.0 Å². The Hall–Kier alpha value is -3.47. The third kappa shape index (κ3) is 6.10. The molecule has 1 aliphatic rings. The summed E-state index contributed by atoms with van der Waals surface area (Å²) in [6.45, 7) is 3.74. The van der Waals surface area contributed by atoms with E-state index >= 15 is 0 Å². The lowest BCUT2D eigenvalue weighted by atomic mass is 9.78. The number of anilines is 1. The maximum atomic E-state index is 12.7. The van der Waals surface area contributed by atoms with Gasteiger partial charge in [-0.3, -0.25) is 19.6 Å². The third-order valence-corrected chi connectivity index (χ3v) is 7.48. The number of hydrogen-bond donors (Lipinski definition) is 2. The van der Waals surface area contributed by atoms with Crippen LogP contribution >= 0.6 is 0 Å². The molecule has 3 rings (SSSR count). The number of carbonyl (C=O) groups excluding carboxylic acids is 2. The number of para-hydroxylation sites is 1. The Morgan fingerprint density at radius 2 is 1.85 bits per heavy atom. The third-order valence-electron chi connectivity index (χ3n) is 6.12. The molecule has 10 nitrogen and oxygen atoms in total. The van der Waals surface area contributed by atoms with E-state index in [1.165, 1.54) is 42.5 Å². The summed E-state index contributed by atoms with van der Waals surface area (Å²) in [4.78, 5) is 34.9. The molecule has 0 heterocycles. The highest BCUT2D eigenvalue weighted by molar-refractivity contribution is 7.92. The molecule has 0 spiro atoms. The second-order valence-corrected chi connectivity index (χ2v) is 10.1. The summed E-state index contributed by atoms with van der Waals surface area (Å²) in [5.41, 5.74) is -0.554. The summed E-state index contributed by atoms with van der Waals surface area (Å²) < 4.78 is 32.9. The van der Waals surface area contributed by atoms with Crippen LogP contribution in [-0.4, -0.2) is 37.9 Å². The molecular formula is C23H27N3O7S. The van der Waals surface area contributed by atoms with Crippen LogP contribution < -0.4 is 10.0 Å². The predicted octanol–water partition coefficient (Wildman–Crippen LogP) is 3.49. The van der Waals surface area contributed by atoms with E-state index in [0.29, 0.717) is 11.8 Å². The molecule has 1 saturated carbocycles. The van der Waals surface area contributed by atoms with Gasteiger partial charge in [-0.25, -0.2) is 13.2 Å². The van der Waals surface area contributed by atoms with Crippen molar-refractivity contribution in [2.75, 3.05) is 11.3 Å². The van der Waals surface area contributed by atoms with Crippen LogP contribution in [0.15, 0.2) is 53.4 Å². The molecule has 3 unspecified atom stereocenters. The van der Waals surface area contributed by atoms with Crippen molar-refractivity contribution < 1.29 is 27.7 Å². The van der Waals surface area contributed by atoms with Crippen molar-refractivity contribution in [3.8, 4) is 0 Å². The molecular weight excluding hydrogens is 462 g/mol. The SMILES string of the molecule is CC1CCCC(NC(=O)COC(=O)c2ccccc2NS(=O)(=O)c2cccc([N+](=O)[O-])c2)C1C. The number of rotatable bonds is 8. The second-order valence-electron chi connectivity index (χ2n) is 8.42.